The van der Waals surface area contributed by atoms with Gasteiger partial charge < -0.3 is 4.98 Å². The Hall–Kier alpha value is -2.16. The zero-order valence-corrected chi connectivity index (χ0v) is 8.44. The fourth-order valence-corrected chi connectivity index (χ4v) is 1.88. The number of fused-ring (bicyclic) bond motifs is 1. The van der Waals surface area contributed by atoms with Gasteiger partial charge in [-0.1, -0.05) is 30.3 Å². The van der Waals surface area contributed by atoms with Crippen molar-refractivity contribution in [1.82, 2.24) is 9.97 Å². The smallest absolute Gasteiger partial charge is 0.150 e. The molecule has 0 aliphatic heterocycles. The van der Waals surface area contributed by atoms with Gasteiger partial charge in [-0.15, -0.1) is 0 Å². The molecular formula is C13H9FN2. The standard InChI is InChI=1S/C13H9FN2/c14-11-8-16-13-10(6-7-15-13)12(11)9-4-2-1-3-5-9/h1-8H,(H,15,16). The van der Waals surface area contributed by atoms with Crippen LogP contribution in [0.15, 0.2) is 48.8 Å². The maximum Gasteiger partial charge on any atom is 0.150 e. The van der Waals surface area contributed by atoms with E-state index in [1.54, 1.807) is 6.20 Å². The molecule has 78 valence electrons. The summed E-state index contributed by atoms with van der Waals surface area (Å²) < 4.78 is 13.8. The molecule has 0 fully saturated rings. The lowest BCUT2D eigenvalue weighted by atomic mass is 10.0. The zero-order valence-electron chi connectivity index (χ0n) is 8.44. The van der Waals surface area contributed by atoms with Crippen molar-refractivity contribution < 1.29 is 4.39 Å². The van der Waals surface area contributed by atoms with E-state index in [9.17, 15) is 4.39 Å². The molecule has 0 atom stereocenters. The first-order valence-corrected chi connectivity index (χ1v) is 5.03. The molecule has 0 spiro atoms. The van der Waals surface area contributed by atoms with Crippen molar-refractivity contribution in [3.8, 4) is 11.1 Å². The molecule has 0 saturated heterocycles. The number of aromatic nitrogens is 2. The average Bonchev–Trinajstić information content (AvgIpc) is 2.78. The Balaban J connectivity index is 2.38. The summed E-state index contributed by atoms with van der Waals surface area (Å²) in [4.78, 5) is 6.98. The predicted molar refractivity (Wildman–Crippen MR) is 61.5 cm³/mol. The maximum atomic E-state index is 13.8. The Morgan fingerprint density at radius 2 is 1.88 bits per heavy atom. The Kier molecular flexibility index (Phi) is 1.96. The minimum absolute atomic E-state index is 0.293. The Bertz CT molecular complexity index is 629. The Morgan fingerprint density at radius 1 is 1.06 bits per heavy atom. The van der Waals surface area contributed by atoms with E-state index < -0.39 is 0 Å². The van der Waals surface area contributed by atoms with Crippen LogP contribution in [0, 0.1) is 5.82 Å². The minimum atomic E-state index is -0.293. The van der Waals surface area contributed by atoms with Crippen molar-refractivity contribution in [2.45, 2.75) is 0 Å². The van der Waals surface area contributed by atoms with Gasteiger partial charge in [-0.05, 0) is 11.6 Å². The van der Waals surface area contributed by atoms with Crippen molar-refractivity contribution in [1.29, 1.82) is 0 Å². The Morgan fingerprint density at radius 3 is 2.69 bits per heavy atom. The molecular weight excluding hydrogens is 203 g/mol. The fraction of sp³-hybridized carbons (Fsp3) is 0. The highest BCUT2D eigenvalue weighted by molar-refractivity contribution is 5.93. The number of pyridine rings is 1. The van der Waals surface area contributed by atoms with Crippen molar-refractivity contribution in [2.24, 2.45) is 0 Å². The third-order valence-corrected chi connectivity index (χ3v) is 2.60. The summed E-state index contributed by atoms with van der Waals surface area (Å²) in [5.74, 6) is -0.293. The summed E-state index contributed by atoms with van der Waals surface area (Å²) in [6.45, 7) is 0. The van der Waals surface area contributed by atoms with Crippen molar-refractivity contribution in [3.05, 3.63) is 54.6 Å². The third kappa shape index (κ3) is 1.29. The summed E-state index contributed by atoms with van der Waals surface area (Å²) in [7, 11) is 0. The molecule has 2 nitrogen and oxygen atoms in total. The van der Waals surface area contributed by atoms with Gasteiger partial charge in [-0.3, -0.25) is 0 Å². The van der Waals surface area contributed by atoms with Crippen LogP contribution in [0.4, 0.5) is 4.39 Å². The van der Waals surface area contributed by atoms with E-state index in [0.717, 1.165) is 10.9 Å². The molecule has 0 aliphatic carbocycles. The van der Waals surface area contributed by atoms with Gasteiger partial charge in [-0.2, -0.15) is 0 Å². The van der Waals surface area contributed by atoms with E-state index >= 15 is 0 Å². The SMILES string of the molecule is Fc1cnc2[nH]ccc2c1-c1ccccc1. The normalized spacial score (nSPS) is 10.8. The van der Waals surface area contributed by atoms with Crippen molar-refractivity contribution >= 4 is 11.0 Å². The number of nitrogens with one attached hydrogen (secondary N) is 1. The van der Waals surface area contributed by atoms with E-state index in [-0.39, 0.29) is 5.82 Å². The second-order valence-corrected chi connectivity index (χ2v) is 3.59. The average molecular weight is 212 g/mol. The number of rotatable bonds is 1. The second-order valence-electron chi connectivity index (χ2n) is 3.59. The van der Waals surface area contributed by atoms with Crippen molar-refractivity contribution in [2.75, 3.05) is 0 Å². The summed E-state index contributed by atoms with van der Waals surface area (Å²) in [6, 6.07) is 11.3. The van der Waals surface area contributed by atoms with Crippen LogP contribution in [0.5, 0.6) is 0 Å². The number of benzene rings is 1. The molecule has 0 aliphatic rings. The molecule has 0 bridgehead atoms. The largest absolute Gasteiger partial charge is 0.346 e. The third-order valence-electron chi connectivity index (χ3n) is 2.60. The minimum Gasteiger partial charge on any atom is -0.346 e. The molecule has 16 heavy (non-hydrogen) atoms. The van der Waals surface area contributed by atoms with E-state index in [4.69, 9.17) is 0 Å². The van der Waals surface area contributed by atoms with Crippen LogP contribution in [-0.4, -0.2) is 9.97 Å². The Labute approximate surface area is 91.8 Å². The van der Waals surface area contributed by atoms with Crippen LogP contribution in [0.3, 0.4) is 0 Å². The highest BCUT2D eigenvalue weighted by Crippen LogP contribution is 2.29. The van der Waals surface area contributed by atoms with Crippen LogP contribution in [0.25, 0.3) is 22.2 Å². The van der Waals surface area contributed by atoms with Crippen LogP contribution in [-0.2, 0) is 0 Å². The maximum absolute atomic E-state index is 13.8. The molecule has 0 saturated carbocycles. The quantitative estimate of drug-likeness (QED) is 0.658. The summed E-state index contributed by atoms with van der Waals surface area (Å²) >= 11 is 0. The van der Waals surface area contributed by atoms with Crippen LogP contribution in [0.1, 0.15) is 0 Å². The molecule has 1 N–H and O–H groups in total. The molecule has 0 amide bonds. The monoisotopic (exact) mass is 212 g/mol. The van der Waals surface area contributed by atoms with Crippen LogP contribution in [0.2, 0.25) is 0 Å². The molecule has 1 aromatic carbocycles. The number of aromatic amines is 1. The van der Waals surface area contributed by atoms with Gasteiger partial charge >= 0.3 is 0 Å². The number of H-pyrrole nitrogens is 1. The molecule has 0 radical (unpaired) electrons. The van der Waals surface area contributed by atoms with E-state index in [0.29, 0.717) is 11.2 Å². The van der Waals surface area contributed by atoms with Crippen LogP contribution < -0.4 is 0 Å². The second kappa shape index (κ2) is 3.45. The number of nitrogens with zero attached hydrogens (tertiary/aromatic N) is 1. The van der Waals surface area contributed by atoms with E-state index in [1.165, 1.54) is 6.20 Å². The first-order valence-electron chi connectivity index (χ1n) is 5.03. The van der Waals surface area contributed by atoms with E-state index in [2.05, 4.69) is 9.97 Å². The molecule has 2 aromatic heterocycles. The predicted octanol–water partition coefficient (Wildman–Crippen LogP) is 3.37. The van der Waals surface area contributed by atoms with Gasteiger partial charge in [0.05, 0.1) is 6.20 Å². The van der Waals surface area contributed by atoms with Gasteiger partial charge in [0, 0.05) is 17.1 Å². The van der Waals surface area contributed by atoms with Gasteiger partial charge in [0.15, 0.2) is 0 Å². The van der Waals surface area contributed by atoms with Gasteiger partial charge in [0.2, 0.25) is 0 Å². The summed E-state index contributed by atoms with van der Waals surface area (Å²) in [6.07, 6.45) is 3.02. The highest BCUT2D eigenvalue weighted by atomic mass is 19.1. The molecule has 2 heterocycles. The van der Waals surface area contributed by atoms with E-state index in [1.807, 2.05) is 36.4 Å². The first-order chi connectivity index (χ1) is 7.86. The number of halogens is 1. The lowest BCUT2D eigenvalue weighted by Gasteiger charge is -2.04. The topological polar surface area (TPSA) is 28.7 Å². The molecule has 3 rings (SSSR count). The lowest BCUT2D eigenvalue weighted by Crippen LogP contribution is -1.88. The van der Waals surface area contributed by atoms with Gasteiger partial charge in [0.25, 0.3) is 0 Å². The van der Waals surface area contributed by atoms with Gasteiger partial charge in [-0.25, -0.2) is 9.37 Å². The molecule has 3 aromatic rings. The first kappa shape index (κ1) is 9.09. The van der Waals surface area contributed by atoms with Crippen LogP contribution >= 0.6 is 0 Å². The molecule has 3 heteroatoms. The lowest BCUT2D eigenvalue weighted by molar-refractivity contribution is 0.627. The molecule has 0 unspecified atom stereocenters. The summed E-state index contributed by atoms with van der Waals surface area (Å²) in [5.41, 5.74) is 2.18. The highest BCUT2D eigenvalue weighted by Gasteiger charge is 2.10. The number of hydrogen-bond donors (Lipinski definition) is 1. The van der Waals surface area contributed by atoms with Gasteiger partial charge in [0.1, 0.15) is 11.5 Å². The number of hydrogen-bond acceptors (Lipinski definition) is 1. The fourth-order valence-electron chi connectivity index (χ4n) is 1.88. The zero-order chi connectivity index (χ0) is 11.0. The van der Waals surface area contributed by atoms with Crippen molar-refractivity contribution in [3.63, 3.8) is 0 Å². The summed E-state index contributed by atoms with van der Waals surface area (Å²) in [5, 5.41) is 0.811.